The van der Waals surface area contributed by atoms with Crippen LogP contribution in [0.2, 0.25) is 0 Å². The van der Waals surface area contributed by atoms with E-state index in [0.29, 0.717) is 18.9 Å². The van der Waals surface area contributed by atoms with Crippen molar-refractivity contribution in [2.45, 2.75) is 19.9 Å². The summed E-state index contributed by atoms with van der Waals surface area (Å²) in [6.45, 7) is 3.84. The topological polar surface area (TPSA) is 84.2 Å². The van der Waals surface area contributed by atoms with Gasteiger partial charge < -0.3 is 10.2 Å². The fourth-order valence-corrected chi connectivity index (χ4v) is 3.38. The van der Waals surface area contributed by atoms with Crippen LogP contribution in [0.25, 0.3) is 0 Å². The Kier molecular flexibility index (Phi) is 3.70. The molecule has 0 fully saturated rings. The van der Waals surface area contributed by atoms with E-state index in [1.807, 2.05) is 11.8 Å². The molecule has 0 spiro atoms. The second-order valence-electron chi connectivity index (χ2n) is 4.72. The maximum atomic E-state index is 11.4. The van der Waals surface area contributed by atoms with Gasteiger partial charge in [0.25, 0.3) is 0 Å². The number of aromatic nitrogens is 2. The molecule has 1 aliphatic rings. The van der Waals surface area contributed by atoms with Gasteiger partial charge in [0.15, 0.2) is 0 Å². The Hall–Kier alpha value is -2.22. The van der Waals surface area contributed by atoms with E-state index in [4.69, 9.17) is 0 Å². The van der Waals surface area contributed by atoms with Gasteiger partial charge in [-0.2, -0.15) is 0 Å². The summed E-state index contributed by atoms with van der Waals surface area (Å²) >= 11 is 1.74. The van der Waals surface area contributed by atoms with E-state index in [9.17, 15) is 10.1 Å². The molecular formula is C13H15N5O2S. The second kappa shape index (κ2) is 5.65. The van der Waals surface area contributed by atoms with Crippen molar-refractivity contribution >= 4 is 28.7 Å². The number of hydrogen-bond donors (Lipinski definition) is 1. The van der Waals surface area contributed by atoms with Crippen molar-refractivity contribution in [2.75, 3.05) is 23.3 Å². The highest BCUT2D eigenvalue weighted by atomic mass is 32.1. The molecule has 3 heterocycles. The zero-order chi connectivity index (χ0) is 14.8. The first-order chi connectivity index (χ1) is 10.2. The van der Waals surface area contributed by atoms with Crippen LogP contribution in [0.4, 0.5) is 17.3 Å². The fraction of sp³-hybridized carbons (Fsp3) is 0.385. The lowest BCUT2D eigenvalue weighted by Crippen LogP contribution is -2.31. The largest absolute Gasteiger partial charge is 0.364 e. The quantitative estimate of drug-likeness (QED) is 0.690. The molecule has 2 aromatic heterocycles. The molecule has 1 aliphatic heterocycles. The van der Waals surface area contributed by atoms with Crippen molar-refractivity contribution in [3.05, 3.63) is 38.3 Å². The first-order valence-electron chi connectivity index (χ1n) is 6.74. The van der Waals surface area contributed by atoms with Crippen LogP contribution in [0.5, 0.6) is 0 Å². The minimum atomic E-state index is -0.406. The highest BCUT2D eigenvalue weighted by Crippen LogP contribution is 2.35. The number of rotatable bonds is 4. The summed E-state index contributed by atoms with van der Waals surface area (Å²) in [5, 5.41) is 16.4. The van der Waals surface area contributed by atoms with Crippen molar-refractivity contribution < 1.29 is 4.92 Å². The van der Waals surface area contributed by atoms with Crippen LogP contribution < -0.4 is 10.2 Å². The molecule has 3 rings (SSSR count). The molecule has 8 heteroatoms. The van der Waals surface area contributed by atoms with E-state index in [2.05, 4.69) is 26.7 Å². The number of fused-ring (bicyclic) bond motifs is 1. The third kappa shape index (κ3) is 2.54. The molecule has 21 heavy (non-hydrogen) atoms. The molecular weight excluding hydrogens is 290 g/mol. The summed E-state index contributed by atoms with van der Waals surface area (Å²) in [7, 11) is 0. The molecule has 1 N–H and O–H groups in total. The lowest BCUT2D eigenvalue weighted by atomic mass is 10.1. The van der Waals surface area contributed by atoms with Crippen molar-refractivity contribution in [1.29, 1.82) is 0 Å². The number of nitrogens with zero attached hydrogens (tertiary/aromatic N) is 4. The summed E-state index contributed by atoms with van der Waals surface area (Å²) in [6, 6.07) is 2.07. The van der Waals surface area contributed by atoms with Crippen LogP contribution in [0.1, 0.15) is 17.4 Å². The van der Waals surface area contributed by atoms with Crippen LogP contribution >= 0.6 is 11.3 Å². The molecule has 0 aromatic carbocycles. The average Bonchev–Trinajstić information content (AvgIpc) is 2.94. The Bertz CT molecular complexity index is 672. The van der Waals surface area contributed by atoms with Gasteiger partial charge in [0.2, 0.25) is 11.6 Å². The van der Waals surface area contributed by atoms with E-state index < -0.39 is 4.92 Å². The Morgan fingerprint density at radius 3 is 3.14 bits per heavy atom. The lowest BCUT2D eigenvalue weighted by molar-refractivity contribution is -0.383. The molecule has 0 saturated heterocycles. The highest BCUT2D eigenvalue weighted by Gasteiger charge is 2.29. The van der Waals surface area contributed by atoms with Crippen molar-refractivity contribution in [3.63, 3.8) is 0 Å². The molecule has 0 radical (unpaired) electrons. The van der Waals surface area contributed by atoms with E-state index in [1.165, 1.54) is 16.8 Å². The maximum Gasteiger partial charge on any atom is 0.353 e. The smallest absolute Gasteiger partial charge is 0.353 e. The third-order valence-corrected chi connectivity index (χ3v) is 4.46. The Balaban J connectivity index is 1.99. The Morgan fingerprint density at radius 2 is 2.38 bits per heavy atom. The van der Waals surface area contributed by atoms with E-state index >= 15 is 0 Å². The van der Waals surface area contributed by atoms with Gasteiger partial charge in [-0.05, 0) is 30.4 Å². The van der Waals surface area contributed by atoms with Crippen molar-refractivity contribution in [1.82, 2.24) is 9.97 Å². The summed E-state index contributed by atoms with van der Waals surface area (Å²) < 4.78 is 0. The predicted octanol–water partition coefficient (Wildman–Crippen LogP) is 2.44. The number of nitrogens with one attached hydrogen (secondary N) is 1. The van der Waals surface area contributed by atoms with Gasteiger partial charge in [0.1, 0.15) is 6.33 Å². The van der Waals surface area contributed by atoms with Crippen LogP contribution in [-0.2, 0) is 13.0 Å². The second-order valence-corrected chi connectivity index (χ2v) is 5.72. The number of nitro groups is 1. The fourth-order valence-electron chi connectivity index (χ4n) is 2.50. The Morgan fingerprint density at radius 1 is 1.52 bits per heavy atom. The number of anilines is 2. The summed E-state index contributed by atoms with van der Waals surface area (Å²) in [6.07, 6.45) is 2.27. The van der Waals surface area contributed by atoms with Crippen LogP contribution in [-0.4, -0.2) is 28.0 Å². The minimum Gasteiger partial charge on any atom is -0.364 e. The molecule has 0 atom stereocenters. The van der Waals surface area contributed by atoms with Crippen molar-refractivity contribution in [3.8, 4) is 0 Å². The lowest BCUT2D eigenvalue weighted by Gasteiger charge is -2.27. The molecule has 110 valence electrons. The van der Waals surface area contributed by atoms with E-state index in [1.54, 1.807) is 11.3 Å². The first kappa shape index (κ1) is 13.7. The summed E-state index contributed by atoms with van der Waals surface area (Å²) in [5.74, 6) is 0.673. The van der Waals surface area contributed by atoms with Gasteiger partial charge in [-0.15, -0.1) is 11.3 Å². The van der Waals surface area contributed by atoms with Gasteiger partial charge in [0.05, 0.1) is 4.92 Å². The van der Waals surface area contributed by atoms with Crippen LogP contribution in [0.15, 0.2) is 17.8 Å². The highest BCUT2D eigenvalue weighted by molar-refractivity contribution is 7.10. The van der Waals surface area contributed by atoms with Crippen molar-refractivity contribution in [2.24, 2.45) is 0 Å². The Labute approximate surface area is 125 Å². The van der Waals surface area contributed by atoms with E-state index in [-0.39, 0.29) is 11.5 Å². The maximum absolute atomic E-state index is 11.4. The normalized spacial score (nSPS) is 13.9. The predicted molar refractivity (Wildman–Crippen MR) is 81.9 cm³/mol. The third-order valence-electron chi connectivity index (χ3n) is 3.44. The average molecular weight is 305 g/mol. The SMILES string of the molecule is CCNc1ncnc(N2CCc3sccc3C2)c1[N+](=O)[O-]. The number of hydrogen-bond acceptors (Lipinski definition) is 7. The zero-order valence-corrected chi connectivity index (χ0v) is 12.4. The van der Waals surface area contributed by atoms with Gasteiger partial charge in [0, 0.05) is 24.5 Å². The summed E-state index contributed by atoms with van der Waals surface area (Å²) in [4.78, 5) is 22.5. The molecule has 0 amide bonds. The number of thiophene rings is 1. The van der Waals surface area contributed by atoms with Gasteiger partial charge >= 0.3 is 5.69 Å². The molecule has 0 saturated carbocycles. The standard InChI is InChI=1S/C13H15N5O2S/c1-2-14-12-11(18(19)20)13(16-8-15-12)17-5-3-10-9(7-17)4-6-21-10/h4,6,8H,2-3,5,7H2,1H3,(H,14,15,16). The molecule has 0 aliphatic carbocycles. The first-order valence-corrected chi connectivity index (χ1v) is 7.62. The molecule has 2 aromatic rings. The van der Waals surface area contributed by atoms with Crippen LogP contribution in [0.3, 0.4) is 0 Å². The van der Waals surface area contributed by atoms with E-state index in [0.717, 1.165) is 13.0 Å². The van der Waals surface area contributed by atoms with Gasteiger partial charge in [-0.3, -0.25) is 10.1 Å². The van der Waals surface area contributed by atoms with Gasteiger partial charge in [-0.25, -0.2) is 9.97 Å². The van der Waals surface area contributed by atoms with Gasteiger partial charge in [-0.1, -0.05) is 0 Å². The summed E-state index contributed by atoms with van der Waals surface area (Å²) in [5.41, 5.74) is 1.18. The molecule has 0 unspecified atom stereocenters. The monoisotopic (exact) mass is 305 g/mol. The molecule has 0 bridgehead atoms. The van der Waals surface area contributed by atoms with Crippen LogP contribution in [0, 0.1) is 10.1 Å². The zero-order valence-electron chi connectivity index (χ0n) is 11.6. The minimum absolute atomic E-state index is 0.0435. The molecule has 7 nitrogen and oxygen atoms in total.